The number of hydrogen-bond donors (Lipinski definition) is 0. The fraction of sp³-hybridized carbons (Fsp3) is 0.350. The summed E-state index contributed by atoms with van der Waals surface area (Å²) in [5.74, 6) is -0.950. The number of carbonyl (C=O) groups is 1. The topological polar surface area (TPSA) is 63.7 Å². The van der Waals surface area contributed by atoms with Crippen molar-refractivity contribution in [3.05, 3.63) is 59.7 Å². The first kappa shape index (κ1) is 19.4. The zero-order valence-corrected chi connectivity index (χ0v) is 16.1. The monoisotopic (exact) mass is 391 g/mol. The smallest absolute Gasteiger partial charge is 0.344 e. The minimum absolute atomic E-state index is 0.0670. The number of rotatable bonds is 4. The molecule has 2 aromatic carbocycles. The molecule has 1 aliphatic heterocycles. The Morgan fingerprint density at radius 2 is 1.85 bits per heavy atom. The molecule has 0 aliphatic carbocycles. The van der Waals surface area contributed by atoms with E-state index in [9.17, 15) is 13.2 Å². The lowest BCUT2D eigenvalue weighted by Gasteiger charge is -2.25. The van der Waals surface area contributed by atoms with Gasteiger partial charge in [0, 0.05) is 19.4 Å². The molecule has 1 atom stereocenters. The number of para-hydroxylation sites is 1. The summed E-state index contributed by atoms with van der Waals surface area (Å²) in [4.78, 5) is 12.3. The molecule has 1 aliphatic rings. The van der Waals surface area contributed by atoms with Crippen molar-refractivity contribution in [3.63, 3.8) is 0 Å². The quantitative estimate of drug-likeness (QED) is 0.750. The van der Waals surface area contributed by atoms with Crippen LogP contribution in [0.1, 0.15) is 24.5 Å². The van der Waals surface area contributed by atoms with Crippen molar-refractivity contribution < 1.29 is 22.3 Å². The van der Waals surface area contributed by atoms with Crippen molar-refractivity contribution in [2.24, 2.45) is 0 Å². The molecule has 27 heavy (non-hydrogen) atoms. The molecule has 1 unspecified atom stereocenters. The summed E-state index contributed by atoms with van der Waals surface area (Å²) in [6, 6.07) is 13.2. The first-order valence-corrected chi connectivity index (χ1v) is 10.3. The van der Waals surface area contributed by atoms with Crippen LogP contribution in [0.2, 0.25) is 0 Å². The second-order valence-electron chi connectivity index (χ2n) is 6.63. The van der Waals surface area contributed by atoms with Gasteiger partial charge in [0.2, 0.25) is 5.67 Å². The lowest BCUT2D eigenvalue weighted by Crippen LogP contribution is -2.40. The molecule has 0 bridgehead atoms. The van der Waals surface area contributed by atoms with Gasteiger partial charge < -0.3 is 4.74 Å². The van der Waals surface area contributed by atoms with Crippen LogP contribution in [0.4, 0.5) is 10.1 Å². The number of esters is 1. The van der Waals surface area contributed by atoms with E-state index >= 15 is 4.39 Å². The van der Waals surface area contributed by atoms with Crippen molar-refractivity contribution in [1.82, 2.24) is 0 Å². The molecule has 0 fully saturated rings. The Bertz CT molecular complexity index is 943. The number of fused-ring (bicyclic) bond motifs is 1. The fourth-order valence-electron chi connectivity index (χ4n) is 3.21. The van der Waals surface area contributed by atoms with Crippen LogP contribution in [-0.4, -0.2) is 33.2 Å². The van der Waals surface area contributed by atoms with Crippen molar-refractivity contribution >= 4 is 21.7 Å². The summed E-state index contributed by atoms with van der Waals surface area (Å²) in [6.45, 7) is 3.40. The van der Waals surface area contributed by atoms with Gasteiger partial charge in [-0.25, -0.2) is 17.6 Å². The predicted molar refractivity (Wildman–Crippen MR) is 101 cm³/mol. The number of halogens is 1. The first-order valence-electron chi connectivity index (χ1n) is 8.81. The highest BCUT2D eigenvalue weighted by molar-refractivity contribution is 7.92. The van der Waals surface area contributed by atoms with E-state index in [-0.39, 0.29) is 30.9 Å². The van der Waals surface area contributed by atoms with E-state index < -0.39 is 21.7 Å². The van der Waals surface area contributed by atoms with Gasteiger partial charge in [0.25, 0.3) is 10.0 Å². The van der Waals surface area contributed by atoms with Crippen LogP contribution in [0, 0.1) is 6.92 Å². The minimum atomic E-state index is -3.89. The van der Waals surface area contributed by atoms with Gasteiger partial charge >= 0.3 is 5.97 Å². The van der Waals surface area contributed by atoms with Crippen molar-refractivity contribution in [1.29, 1.82) is 0 Å². The number of alkyl halides is 1. The maximum absolute atomic E-state index is 15.4. The third-order valence-corrected chi connectivity index (χ3v) is 6.52. The Morgan fingerprint density at radius 1 is 1.19 bits per heavy atom. The van der Waals surface area contributed by atoms with Crippen LogP contribution < -0.4 is 4.31 Å². The van der Waals surface area contributed by atoms with E-state index in [1.54, 1.807) is 43.3 Å². The Balaban J connectivity index is 2.05. The van der Waals surface area contributed by atoms with Crippen LogP contribution >= 0.6 is 0 Å². The Hall–Kier alpha value is -2.41. The molecule has 3 rings (SSSR count). The van der Waals surface area contributed by atoms with Crippen LogP contribution in [0.5, 0.6) is 0 Å². The van der Waals surface area contributed by atoms with E-state index in [4.69, 9.17) is 4.74 Å². The van der Waals surface area contributed by atoms with Crippen molar-refractivity contribution in [3.8, 4) is 0 Å². The summed E-state index contributed by atoms with van der Waals surface area (Å²) in [5.41, 5.74) is -0.470. The number of anilines is 1. The molecular weight excluding hydrogens is 369 g/mol. The molecule has 0 saturated carbocycles. The molecule has 5 nitrogen and oxygen atoms in total. The predicted octanol–water partition coefficient (Wildman–Crippen LogP) is 3.41. The summed E-state index contributed by atoms with van der Waals surface area (Å²) in [5, 5.41) is 0. The molecule has 0 aromatic heterocycles. The van der Waals surface area contributed by atoms with Gasteiger partial charge in [-0.05, 0) is 37.6 Å². The first-order chi connectivity index (χ1) is 12.8. The number of sulfonamides is 1. The summed E-state index contributed by atoms with van der Waals surface area (Å²) in [6.07, 6.45) is -0.493. The molecule has 7 heteroatoms. The Kier molecular flexibility index (Phi) is 5.24. The second-order valence-corrected chi connectivity index (χ2v) is 8.49. The Labute approximate surface area is 158 Å². The van der Waals surface area contributed by atoms with Gasteiger partial charge in [-0.15, -0.1) is 0 Å². The third-order valence-electron chi connectivity index (χ3n) is 4.69. The van der Waals surface area contributed by atoms with Gasteiger partial charge in [0.1, 0.15) is 0 Å². The molecule has 0 saturated heterocycles. The summed E-state index contributed by atoms with van der Waals surface area (Å²) >= 11 is 0. The Morgan fingerprint density at radius 3 is 2.52 bits per heavy atom. The van der Waals surface area contributed by atoms with E-state index in [1.807, 2.05) is 6.92 Å². The molecular formula is C20H22FNO4S. The number of hydrogen-bond acceptors (Lipinski definition) is 4. The maximum atomic E-state index is 15.4. The SMILES string of the molecule is CCOC(=O)C1(F)CCN(S(=O)(=O)c2ccc(C)cc2)c2ccccc2C1. The maximum Gasteiger partial charge on any atom is 0.344 e. The van der Waals surface area contributed by atoms with Gasteiger partial charge in [-0.3, -0.25) is 4.31 Å². The van der Waals surface area contributed by atoms with Crippen LogP contribution in [0.15, 0.2) is 53.4 Å². The molecule has 1 heterocycles. The number of aryl methyl sites for hydroxylation is 1. The van der Waals surface area contributed by atoms with Gasteiger partial charge in [-0.1, -0.05) is 35.9 Å². The van der Waals surface area contributed by atoms with E-state index in [2.05, 4.69) is 0 Å². The third kappa shape index (κ3) is 3.69. The van der Waals surface area contributed by atoms with E-state index in [1.165, 1.54) is 16.4 Å². The molecule has 0 N–H and O–H groups in total. The molecule has 0 radical (unpaired) electrons. The van der Waals surface area contributed by atoms with Crippen LogP contribution in [0.25, 0.3) is 0 Å². The molecule has 0 spiro atoms. The fourth-order valence-corrected chi connectivity index (χ4v) is 4.72. The molecule has 0 amide bonds. The largest absolute Gasteiger partial charge is 0.464 e. The van der Waals surface area contributed by atoms with Crippen molar-refractivity contribution in [2.45, 2.75) is 37.3 Å². The highest BCUT2D eigenvalue weighted by Gasteiger charge is 2.45. The van der Waals surface area contributed by atoms with Gasteiger partial charge in [0.05, 0.1) is 17.2 Å². The van der Waals surface area contributed by atoms with Crippen LogP contribution in [-0.2, 0) is 26.0 Å². The normalized spacial score (nSPS) is 19.9. The summed E-state index contributed by atoms with van der Waals surface area (Å²) < 4.78 is 47.9. The van der Waals surface area contributed by atoms with Crippen molar-refractivity contribution in [2.75, 3.05) is 17.5 Å². The average molecular weight is 391 g/mol. The van der Waals surface area contributed by atoms with Gasteiger partial charge in [0.15, 0.2) is 0 Å². The number of ether oxygens (including phenoxy) is 1. The number of carbonyl (C=O) groups excluding carboxylic acids is 1. The lowest BCUT2D eigenvalue weighted by molar-refractivity contribution is -0.157. The van der Waals surface area contributed by atoms with Gasteiger partial charge in [-0.2, -0.15) is 0 Å². The lowest BCUT2D eigenvalue weighted by atomic mass is 9.94. The summed E-state index contributed by atoms with van der Waals surface area (Å²) in [7, 11) is -3.89. The van der Waals surface area contributed by atoms with E-state index in [0.717, 1.165) is 5.56 Å². The van der Waals surface area contributed by atoms with E-state index in [0.29, 0.717) is 11.3 Å². The zero-order chi connectivity index (χ0) is 19.7. The number of benzene rings is 2. The van der Waals surface area contributed by atoms with Crippen LogP contribution in [0.3, 0.4) is 0 Å². The average Bonchev–Trinajstić information content (AvgIpc) is 2.79. The highest BCUT2D eigenvalue weighted by atomic mass is 32.2. The number of nitrogens with zero attached hydrogens (tertiary/aromatic N) is 1. The highest BCUT2D eigenvalue weighted by Crippen LogP contribution is 2.37. The minimum Gasteiger partial charge on any atom is -0.464 e. The molecule has 144 valence electrons. The second kappa shape index (κ2) is 7.31. The molecule has 2 aromatic rings. The standard InChI is InChI=1S/C20H22FNO4S/c1-3-26-19(23)20(21)12-13-22(18-7-5-4-6-16(18)14-20)27(24,25)17-10-8-15(2)9-11-17/h4-11H,3,12-14H2,1-2H3. The zero-order valence-electron chi connectivity index (χ0n) is 15.3.